The van der Waals surface area contributed by atoms with Crippen LogP contribution < -0.4 is 14.8 Å². The van der Waals surface area contributed by atoms with Gasteiger partial charge in [0.1, 0.15) is 11.5 Å². The van der Waals surface area contributed by atoms with Crippen molar-refractivity contribution in [2.24, 2.45) is 0 Å². The number of nitrogens with one attached hydrogen (secondary N) is 1. The number of carbonyl (C=O) groups is 1. The second kappa shape index (κ2) is 9.92. The number of hydrogen-bond acceptors (Lipinski definition) is 5. The molecule has 0 saturated carbocycles. The molecule has 0 aliphatic carbocycles. The molecule has 2 heterocycles. The molecule has 0 spiro atoms. The standard InChI is InChI=1S/C22H20F3N3O3/c1-15(19-10-9-18(13-27-19)30-14-22(23,24)25)28-20(29)12-16-5-7-17(8-6-16)31-21-4-2-3-11-26-21/h2-11,13,15H,12,14H2,1H3,(H,28,29)/t15-/m1/s1. The maximum absolute atomic E-state index is 12.3. The fraction of sp³-hybridized carbons (Fsp3) is 0.227. The summed E-state index contributed by atoms with van der Waals surface area (Å²) in [6.07, 6.45) is -1.43. The van der Waals surface area contributed by atoms with Crippen molar-refractivity contribution in [3.8, 4) is 17.4 Å². The summed E-state index contributed by atoms with van der Waals surface area (Å²) in [6.45, 7) is 0.353. The van der Waals surface area contributed by atoms with Crippen LogP contribution in [0.25, 0.3) is 0 Å². The van der Waals surface area contributed by atoms with Gasteiger partial charge in [0.2, 0.25) is 11.8 Å². The lowest BCUT2D eigenvalue weighted by Crippen LogP contribution is -2.28. The van der Waals surface area contributed by atoms with Gasteiger partial charge in [0.05, 0.1) is 24.4 Å². The number of carbonyl (C=O) groups excluding carboxylic acids is 1. The third-order valence-corrected chi connectivity index (χ3v) is 4.13. The van der Waals surface area contributed by atoms with E-state index in [0.29, 0.717) is 17.3 Å². The highest BCUT2D eigenvalue weighted by molar-refractivity contribution is 5.79. The van der Waals surface area contributed by atoms with Crippen molar-refractivity contribution in [3.05, 3.63) is 78.2 Å². The molecule has 1 aromatic carbocycles. The Morgan fingerprint density at radius 3 is 2.39 bits per heavy atom. The fourth-order valence-electron chi connectivity index (χ4n) is 2.65. The van der Waals surface area contributed by atoms with Crippen LogP contribution in [-0.2, 0) is 11.2 Å². The van der Waals surface area contributed by atoms with Gasteiger partial charge in [-0.25, -0.2) is 4.98 Å². The zero-order chi connectivity index (χ0) is 22.3. The summed E-state index contributed by atoms with van der Waals surface area (Å²) in [5.41, 5.74) is 1.30. The number of rotatable bonds is 8. The summed E-state index contributed by atoms with van der Waals surface area (Å²) in [7, 11) is 0. The van der Waals surface area contributed by atoms with E-state index in [9.17, 15) is 18.0 Å². The van der Waals surface area contributed by atoms with Crippen molar-refractivity contribution in [2.75, 3.05) is 6.61 Å². The molecule has 3 aromatic rings. The van der Waals surface area contributed by atoms with E-state index in [0.717, 1.165) is 5.56 Å². The highest BCUT2D eigenvalue weighted by Crippen LogP contribution is 2.21. The average Bonchev–Trinajstić information content (AvgIpc) is 2.74. The van der Waals surface area contributed by atoms with Crippen molar-refractivity contribution in [1.82, 2.24) is 15.3 Å². The molecule has 0 unspecified atom stereocenters. The predicted molar refractivity (Wildman–Crippen MR) is 107 cm³/mol. The van der Waals surface area contributed by atoms with E-state index < -0.39 is 18.8 Å². The van der Waals surface area contributed by atoms with Crippen LogP contribution in [-0.4, -0.2) is 28.7 Å². The topological polar surface area (TPSA) is 73.3 Å². The van der Waals surface area contributed by atoms with Gasteiger partial charge >= 0.3 is 6.18 Å². The maximum atomic E-state index is 12.3. The zero-order valence-electron chi connectivity index (χ0n) is 16.6. The fourth-order valence-corrected chi connectivity index (χ4v) is 2.65. The number of pyridine rings is 2. The molecular weight excluding hydrogens is 411 g/mol. The van der Waals surface area contributed by atoms with Crippen molar-refractivity contribution in [2.45, 2.75) is 25.6 Å². The van der Waals surface area contributed by atoms with Crippen LogP contribution in [0.4, 0.5) is 13.2 Å². The maximum Gasteiger partial charge on any atom is 0.422 e. The van der Waals surface area contributed by atoms with Gasteiger partial charge in [0.25, 0.3) is 0 Å². The van der Waals surface area contributed by atoms with Gasteiger partial charge < -0.3 is 14.8 Å². The predicted octanol–water partition coefficient (Wildman–Crippen LogP) is 4.63. The monoisotopic (exact) mass is 431 g/mol. The molecule has 0 fully saturated rings. The summed E-state index contributed by atoms with van der Waals surface area (Å²) in [5.74, 6) is 0.870. The normalized spacial score (nSPS) is 12.1. The SMILES string of the molecule is C[C@@H](NC(=O)Cc1ccc(Oc2ccccn2)cc1)c1ccc(OCC(F)(F)F)cn1. The number of ether oxygens (including phenoxy) is 2. The summed E-state index contributed by atoms with van der Waals surface area (Å²) < 4.78 is 46.8. The van der Waals surface area contributed by atoms with Gasteiger partial charge in [0.15, 0.2) is 6.61 Å². The number of aromatic nitrogens is 2. The number of halogens is 3. The van der Waals surface area contributed by atoms with E-state index in [4.69, 9.17) is 4.74 Å². The molecule has 0 aliphatic heterocycles. The number of amides is 1. The summed E-state index contributed by atoms with van der Waals surface area (Å²) in [5, 5.41) is 2.81. The molecule has 0 bridgehead atoms. The number of hydrogen-bond donors (Lipinski definition) is 1. The first-order chi connectivity index (χ1) is 14.8. The van der Waals surface area contributed by atoms with Crippen LogP contribution in [0.3, 0.4) is 0 Å². The van der Waals surface area contributed by atoms with Gasteiger partial charge in [-0.3, -0.25) is 9.78 Å². The second-order valence-corrected chi connectivity index (χ2v) is 6.70. The van der Waals surface area contributed by atoms with E-state index in [2.05, 4.69) is 20.0 Å². The zero-order valence-corrected chi connectivity index (χ0v) is 16.6. The van der Waals surface area contributed by atoms with Gasteiger partial charge in [0, 0.05) is 12.3 Å². The average molecular weight is 431 g/mol. The molecule has 2 aromatic heterocycles. The van der Waals surface area contributed by atoms with Crippen LogP contribution in [0, 0.1) is 0 Å². The first kappa shape index (κ1) is 22.1. The van der Waals surface area contributed by atoms with Crippen molar-refractivity contribution in [1.29, 1.82) is 0 Å². The molecule has 3 rings (SSSR count). The molecule has 0 aliphatic rings. The minimum atomic E-state index is -4.41. The Morgan fingerprint density at radius 1 is 1.03 bits per heavy atom. The van der Waals surface area contributed by atoms with Crippen molar-refractivity contribution < 1.29 is 27.4 Å². The lowest BCUT2D eigenvalue weighted by atomic mass is 10.1. The Morgan fingerprint density at radius 2 is 1.77 bits per heavy atom. The first-order valence-corrected chi connectivity index (χ1v) is 9.41. The molecule has 162 valence electrons. The molecule has 0 radical (unpaired) electrons. The van der Waals surface area contributed by atoms with E-state index in [1.54, 1.807) is 49.5 Å². The quantitative estimate of drug-likeness (QED) is 0.563. The minimum Gasteiger partial charge on any atom is -0.483 e. The van der Waals surface area contributed by atoms with Crippen LogP contribution in [0.1, 0.15) is 24.2 Å². The molecular formula is C22H20F3N3O3. The van der Waals surface area contributed by atoms with Crippen molar-refractivity contribution in [3.63, 3.8) is 0 Å². The van der Waals surface area contributed by atoms with Crippen LogP contribution >= 0.6 is 0 Å². The van der Waals surface area contributed by atoms with Crippen LogP contribution in [0.5, 0.6) is 17.4 Å². The van der Waals surface area contributed by atoms with Gasteiger partial charge in [-0.1, -0.05) is 18.2 Å². The lowest BCUT2D eigenvalue weighted by molar-refractivity contribution is -0.153. The summed E-state index contributed by atoms with van der Waals surface area (Å²) >= 11 is 0. The van der Waals surface area contributed by atoms with Gasteiger partial charge in [-0.2, -0.15) is 13.2 Å². The third-order valence-electron chi connectivity index (χ3n) is 4.13. The van der Waals surface area contributed by atoms with E-state index in [-0.39, 0.29) is 18.1 Å². The van der Waals surface area contributed by atoms with E-state index in [1.807, 2.05) is 6.07 Å². The molecule has 1 amide bonds. The molecule has 9 heteroatoms. The van der Waals surface area contributed by atoms with Gasteiger partial charge in [-0.05, 0) is 42.8 Å². The minimum absolute atomic E-state index is 0.00705. The highest BCUT2D eigenvalue weighted by Gasteiger charge is 2.28. The Labute approximate surface area is 177 Å². The molecule has 31 heavy (non-hydrogen) atoms. The van der Waals surface area contributed by atoms with E-state index in [1.165, 1.54) is 18.3 Å². The number of benzene rings is 1. The Balaban J connectivity index is 1.49. The largest absolute Gasteiger partial charge is 0.483 e. The lowest BCUT2D eigenvalue weighted by Gasteiger charge is -2.14. The third kappa shape index (κ3) is 7.29. The first-order valence-electron chi connectivity index (χ1n) is 9.41. The Bertz CT molecular complexity index is 979. The van der Waals surface area contributed by atoms with E-state index >= 15 is 0 Å². The van der Waals surface area contributed by atoms with Gasteiger partial charge in [-0.15, -0.1) is 0 Å². The summed E-state index contributed by atoms with van der Waals surface area (Å²) in [4.78, 5) is 20.5. The number of nitrogens with zero attached hydrogens (tertiary/aromatic N) is 2. The van der Waals surface area contributed by atoms with Crippen LogP contribution in [0.2, 0.25) is 0 Å². The molecule has 6 nitrogen and oxygen atoms in total. The molecule has 0 saturated heterocycles. The summed E-state index contributed by atoms with van der Waals surface area (Å²) in [6, 6.07) is 14.9. The smallest absolute Gasteiger partial charge is 0.422 e. The number of alkyl halides is 3. The molecule has 1 atom stereocenters. The highest BCUT2D eigenvalue weighted by atomic mass is 19.4. The van der Waals surface area contributed by atoms with Crippen molar-refractivity contribution >= 4 is 5.91 Å². The Hall–Kier alpha value is -3.62. The Kier molecular flexibility index (Phi) is 7.07. The molecule has 1 N–H and O–H groups in total. The second-order valence-electron chi connectivity index (χ2n) is 6.70. The van der Waals surface area contributed by atoms with Crippen LogP contribution in [0.15, 0.2) is 67.0 Å².